The van der Waals surface area contributed by atoms with Gasteiger partial charge in [0.1, 0.15) is 0 Å². The maximum Gasteiger partial charge on any atom is 0.254 e. The monoisotopic (exact) mass is 358 g/mol. The Bertz CT molecular complexity index is 670. The van der Waals surface area contributed by atoms with Crippen LogP contribution in [0.1, 0.15) is 55.5 Å². The van der Waals surface area contributed by atoms with Gasteiger partial charge >= 0.3 is 0 Å². The highest BCUT2D eigenvalue weighted by Crippen LogP contribution is 2.43. The smallest absolute Gasteiger partial charge is 0.254 e. The van der Waals surface area contributed by atoms with Crippen molar-refractivity contribution in [1.82, 2.24) is 10.2 Å². The summed E-state index contributed by atoms with van der Waals surface area (Å²) in [4.78, 5) is 27.2. The highest BCUT2D eigenvalue weighted by atomic mass is 16.5. The number of rotatable bonds is 4. The van der Waals surface area contributed by atoms with Crippen molar-refractivity contribution >= 4 is 11.8 Å². The fourth-order valence-electron chi connectivity index (χ4n) is 4.30. The van der Waals surface area contributed by atoms with Crippen LogP contribution >= 0.6 is 0 Å². The summed E-state index contributed by atoms with van der Waals surface area (Å²) in [5.74, 6) is 0.108. The summed E-state index contributed by atoms with van der Waals surface area (Å²) >= 11 is 0. The summed E-state index contributed by atoms with van der Waals surface area (Å²) < 4.78 is 5.93. The number of aryl methyl sites for hydroxylation is 1. The van der Waals surface area contributed by atoms with E-state index in [0.29, 0.717) is 6.54 Å². The molecule has 1 aromatic rings. The van der Waals surface area contributed by atoms with Crippen LogP contribution in [0.2, 0.25) is 0 Å². The minimum absolute atomic E-state index is 0.00696. The Labute approximate surface area is 156 Å². The Balaban J connectivity index is 1.78. The van der Waals surface area contributed by atoms with E-state index in [1.807, 2.05) is 49.9 Å². The van der Waals surface area contributed by atoms with Crippen molar-refractivity contribution in [3.8, 4) is 0 Å². The fraction of sp³-hybridized carbons (Fsp3) is 0.619. The molecule has 2 fully saturated rings. The Hall–Kier alpha value is -1.88. The van der Waals surface area contributed by atoms with Crippen LogP contribution in [0.3, 0.4) is 0 Å². The molecule has 5 nitrogen and oxygen atoms in total. The first-order chi connectivity index (χ1) is 12.4. The van der Waals surface area contributed by atoms with Gasteiger partial charge in [-0.15, -0.1) is 0 Å². The lowest BCUT2D eigenvalue weighted by molar-refractivity contribution is -0.126. The number of ether oxygens (including phenoxy) is 1. The van der Waals surface area contributed by atoms with Crippen molar-refractivity contribution in [2.24, 2.45) is 5.92 Å². The van der Waals surface area contributed by atoms with Gasteiger partial charge < -0.3 is 15.0 Å². The summed E-state index contributed by atoms with van der Waals surface area (Å²) in [6.45, 7) is 6.53. The van der Waals surface area contributed by atoms with Crippen LogP contribution in [-0.4, -0.2) is 48.1 Å². The van der Waals surface area contributed by atoms with Crippen molar-refractivity contribution in [2.75, 3.05) is 13.7 Å². The quantitative estimate of drug-likeness (QED) is 0.900. The molecule has 1 saturated carbocycles. The normalized spacial score (nSPS) is 28.1. The van der Waals surface area contributed by atoms with E-state index in [4.69, 9.17) is 4.74 Å². The summed E-state index contributed by atoms with van der Waals surface area (Å²) in [6.07, 6.45) is 3.38. The largest absolute Gasteiger partial charge is 0.376 e. The molecule has 26 heavy (non-hydrogen) atoms. The van der Waals surface area contributed by atoms with E-state index in [-0.39, 0.29) is 35.4 Å². The molecule has 3 rings (SSSR count). The van der Waals surface area contributed by atoms with Gasteiger partial charge in [0.15, 0.2) is 0 Å². The van der Waals surface area contributed by atoms with Crippen LogP contribution in [-0.2, 0) is 9.53 Å². The van der Waals surface area contributed by atoms with E-state index in [2.05, 4.69) is 5.32 Å². The second-order valence-electron chi connectivity index (χ2n) is 8.03. The second kappa shape index (κ2) is 7.39. The third-order valence-corrected chi connectivity index (χ3v) is 6.02. The number of carbonyl (C=O) groups excluding carboxylic acids is 2. The first kappa shape index (κ1) is 18.9. The minimum Gasteiger partial charge on any atom is -0.376 e. The van der Waals surface area contributed by atoms with Gasteiger partial charge in [0.05, 0.1) is 11.6 Å². The van der Waals surface area contributed by atoms with E-state index in [1.165, 1.54) is 0 Å². The topological polar surface area (TPSA) is 58.6 Å². The molecule has 0 radical (unpaired) electrons. The summed E-state index contributed by atoms with van der Waals surface area (Å²) in [5.41, 5.74) is 1.58. The number of nitrogens with zero attached hydrogens (tertiary/aromatic N) is 1. The van der Waals surface area contributed by atoms with Crippen molar-refractivity contribution in [2.45, 2.75) is 64.1 Å². The molecule has 0 aromatic heterocycles. The van der Waals surface area contributed by atoms with Gasteiger partial charge in [0.25, 0.3) is 5.91 Å². The zero-order valence-electron chi connectivity index (χ0n) is 16.2. The van der Waals surface area contributed by atoms with Crippen LogP contribution in [0.15, 0.2) is 24.3 Å². The molecule has 142 valence electrons. The lowest BCUT2D eigenvalue weighted by atomic mass is 9.78. The molecular weight excluding hydrogens is 328 g/mol. The number of methoxy groups -OCH3 is 1. The van der Waals surface area contributed by atoms with Crippen LogP contribution in [0.25, 0.3) is 0 Å². The van der Waals surface area contributed by atoms with Gasteiger partial charge in [-0.1, -0.05) is 31.5 Å². The molecule has 1 aliphatic carbocycles. The van der Waals surface area contributed by atoms with Gasteiger partial charge in [-0.05, 0) is 44.7 Å². The number of benzene rings is 1. The predicted molar refractivity (Wildman–Crippen MR) is 101 cm³/mol. The second-order valence-corrected chi connectivity index (χ2v) is 8.03. The van der Waals surface area contributed by atoms with Crippen LogP contribution < -0.4 is 5.32 Å². The molecule has 1 aliphatic heterocycles. The van der Waals surface area contributed by atoms with Crippen molar-refractivity contribution < 1.29 is 14.3 Å². The molecule has 3 atom stereocenters. The van der Waals surface area contributed by atoms with Crippen LogP contribution in [0.5, 0.6) is 0 Å². The molecular formula is C21H30N2O3. The lowest BCUT2D eigenvalue weighted by Gasteiger charge is -2.44. The molecule has 1 heterocycles. The molecule has 0 unspecified atom stereocenters. The molecule has 1 aromatic carbocycles. The Morgan fingerprint density at radius 2 is 1.92 bits per heavy atom. The van der Waals surface area contributed by atoms with Gasteiger partial charge in [0.2, 0.25) is 5.91 Å². The number of fused-ring (bicyclic) bond motifs is 1. The minimum atomic E-state index is -0.278. The van der Waals surface area contributed by atoms with E-state index < -0.39 is 0 Å². The standard InChI is InChI=1S/C21H30N2O3/c1-14(2)19(24)22-17-9-10-21(26-4)11-12-23(18(21)13-17)20(25)16-7-5-15(3)6-8-16/h5-8,14,17-18H,9-13H2,1-4H3,(H,22,24)/t17-,18+,21-/m1/s1. The van der Waals surface area contributed by atoms with Crippen molar-refractivity contribution in [3.63, 3.8) is 0 Å². The first-order valence-corrected chi connectivity index (χ1v) is 9.59. The first-order valence-electron chi connectivity index (χ1n) is 9.59. The Morgan fingerprint density at radius 1 is 1.23 bits per heavy atom. The fourth-order valence-corrected chi connectivity index (χ4v) is 4.30. The van der Waals surface area contributed by atoms with Gasteiger partial charge in [-0.25, -0.2) is 0 Å². The van der Waals surface area contributed by atoms with E-state index in [9.17, 15) is 9.59 Å². The molecule has 0 spiro atoms. The summed E-state index contributed by atoms with van der Waals surface area (Å²) in [5, 5.41) is 3.15. The maximum atomic E-state index is 13.1. The van der Waals surface area contributed by atoms with Crippen molar-refractivity contribution in [1.29, 1.82) is 0 Å². The van der Waals surface area contributed by atoms with E-state index in [1.54, 1.807) is 7.11 Å². The third kappa shape index (κ3) is 3.50. The molecule has 2 amide bonds. The van der Waals surface area contributed by atoms with E-state index in [0.717, 1.165) is 36.8 Å². The number of amides is 2. The lowest BCUT2D eigenvalue weighted by Crippen LogP contribution is -2.56. The number of nitrogens with one attached hydrogen (secondary N) is 1. The Morgan fingerprint density at radius 3 is 2.54 bits per heavy atom. The highest BCUT2D eigenvalue weighted by molar-refractivity contribution is 5.94. The van der Waals surface area contributed by atoms with Crippen LogP contribution in [0.4, 0.5) is 0 Å². The Kier molecular flexibility index (Phi) is 5.37. The van der Waals surface area contributed by atoms with Gasteiger partial charge in [0, 0.05) is 31.2 Å². The van der Waals surface area contributed by atoms with Crippen LogP contribution in [0, 0.1) is 12.8 Å². The molecule has 1 N–H and O–H groups in total. The summed E-state index contributed by atoms with van der Waals surface area (Å²) in [7, 11) is 1.75. The average molecular weight is 358 g/mol. The zero-order valence-corrected chi connectivity index (χ0v) is 16.2. The van der Waals surface area contributed by atoms with Gasteiger partial charge in [-0.3, -0.25) is 9.59 Å². The molecule has 0 bridgehead atoms. The van der Waals surface area contributed by atoms with E-state index >= 15 is 0 Å². The zero-order chi connectivity index (χ0) is 18.9. The highest BCUT2D eigenvalue weighted by Gasteiger charge is 2.52. The van der Waals surface area contributed by atoms with Gasteiger partial charge in [-0.2, -0.15) is 0 Å². The van der Waals surface area contributed by atoms with Crippen molar-refractivity contribution in [3.05, 3.63) is 35.4 Å². The predicted octanol–water partition coefficient (Wildman–Crippen LogP) is 2.92. The number of hydrogen-bond acceptors (Lipinski definition) is 3. The maximum absolute atomic E-state index is 13.1. The molecule has 2 aliphatic rings. The number of carbonyl (C=O) groups is 2. The average Bonchev–Trinajstić information content (AvgIpc) is 3.01. The SMILES string of the molecule is CO[C@@]12CC[C@@H](NC(=O)C(C)C)C[C@@H]1N(C(=O)c1ccc(C)cc1)CC2. The molecule has 1 saturated heterocycles. The summed E-state index contributed by atoms with van der Waals surface area (Å²) in [6, 6.07) is 7.84. The number of likely N-dealkylation sites (tertiary alicyclic amines) is 1. The number of hydrogen-bond donors (Lipinski definition) is 1. The molecule has 5 heteroatoms. The third-order valence-electron chi connectivity index (χ3n) is 6.02.